The molecule has 1 rings (SSSR count). The maximum Gasteiger partial charge on any atom is 0.431 e. The van der Waals surface area contributed by atoms with Gasteiger partial charge in [0.05, 0.1) is 0 Å². The summed E-state index contributed by atoms with van der Waals surface area (Å²) in [5.74, 6) is 0. The maximum absolute atomic E-state index is 12.4. The van der Waals surface area contributed by atoms with Gasteiger partial charge in [-0.2, -0.15) is 13.2 Å². The van der Waals surface area contributed by atoms with Crippen molar-refractivity contribution in [2.24, 2.45) is 14.1 Å². The van der Waals surface area contributed by atoms with E-state index in [9.17, 15) is 13.2 Å². The number of aromatic nitrogens is 2. The van der Waals surface area contributed by atoms with E-state index < -0.39 is 11.9 Å². The summed E-state index contributed by atoms with van der Waals surface area (Å²) in [7, 11) is 2.80. The van der Waals surface area contributed by atoms with Gasteiger partial charge in [-0.15, -0.1) is 0 Å². The highest BCUT2D eigenvalue weighted by molar-refractivity contribution is 7.72. The monoisotopic (exact) mass is 240 g/mol. The van der Waals surface area contributed by atoms with Gasteiger partial charge in [0, 0.05) is 20.2 Å². The molecule has 14 heavy (non-hydrogen) atoms. The zero-order valence-electron chi connectivity index (χ0n) is 7.42. The molecule has 0 saturated heterocycles. The predicted molar refractivity (Wildman–Crippen MR) is 51.1 cm³/mol. The summed E-state index contributed by atoms with van der Waals surface area (Å²) in [6.07, 6.45) is -4.43. The minimum absolute atomic E-state index is 0.0461. The Labute approximate surface area is 88.6 Å². The summed E-state index contributed by atoms with van der Waals surface area (Å²) in [5.41, 5.74) is -0.828. The Bertz CT molecular complexity index is 469. The third-order valence-corrected chi connectivity index (χ3v) is 2.76. The molecule has 0 bridgehead atoms. The molecule has 7 heteroatoms. The molecule has 0 unspecified atom stereocenters. The van der Waals surface area contributed by atoms with E-state index in [1.165, 1.54) is 18.7 Å². The third-order valence-electron chi connectivity index (χ3n) is 1.82. The van der Waals surface area contributed by atoms with Crippen molar-refractivity contribution in [2.45, 2.75) is 6.18 Å². The van der Waals surface area contributed by atoms with Gasteiger partial charge in [0.25, 0.3) is 0 Å². The van der Waals surface area contributed by atoms with Crippen LogP contribution in [0.25, 0.3) is 0 Å². The van der Waals surface area contributed by atoms with Crippen LogP contribution in [-0.4, -0.2) is 9.13 Å². The molecule has 0 radical (unpaired) electrons. The van der Waals surface area contributed by atoms with Crippen LogP contribution in [0.2, 0.25) is 0 Å². The summed E-state index contributed by atoms with van der Waals surface area (Å²) < 4.78 is 39.6. The SMILES string of the molecule is Cn1c(C(F)(F)F)cc(=S)n(C)c1=S. The zero-order chi connectivity index (χ0) is 11.1. The number of halogens is 3. The largest absolute Gasteiger partial charge is 0.431 e. The second-order valence-corrected chi connectivity index (χ2v) is 3.55. The van der Waals surface area contributed by atoms with Crippen LogP contribution in [0.15, 0.2) is 6.07 Å². The highest BCUT2D eigenvalue weighted by Gasteiger charge is 2.33. The average molecular weight is 240 g/mol. The quantitative estimate of drug-likeness (QED) is 0.645. The van der Waals surface area contributed by atoms with E-state index in [1.54, 1.807) is 0 Å². The van der Waals surface area contributed by atoms with Gasteiger partial charge < -0.3 is 9.13 Å². The summed E-state index contributed by atoms with van der Waals surface area (Å²) in [5, 5.41) is 0. The van der Waals surface area contributed by atoms with Gasteiger partial charge in [0.1, 0.15) is 10.3 Å². The standard InChI is InChI=1S/C7H7F3N2S2/c1-11-4(7(8,9)10)3-5(13)12(2)6(11)14/h3H,1-2H3. The number of alkyl halides is 3. The fourth-order valence-corrected chi connectivity index (χ4v) is 1.46. The molecule has 0 aliphatic heterocycles. The zero-order valence-corrected chi connectivity index (χ0v) is 9.06. The first kappa shape index (κ1) is 11.4. The van der Waals surface area contributed by atoms with Crippen molar-refractivity contribution in [3.8, 4) is 0 Å². The molecular formula is C7H7F3N2S2. The summed E-state index contributed by atoms with van der Waals surface area (Å²) in [6.45, 7) is 0. The van der Waals surface area contributed by atoms with Crippen molar-refractivity contribution >= 4 is 24.4 Å². The van der Waals surface area contributed by atoms with Crippen LogP contribution in [0.3, 0.4) is 0 Å². The van der Waals surface area contributed by atoms with Crippen LogP contribution in [0, 0.1) is 9.41 Å². The summed E-state index contributed by atoms with van der Waals surface area (Å²) in [6, 6.07) is 0.894. The van der Waals surface area contributed by atoms with E-state index in [4.69, 9.17) is 24.4 Å². The number of rotatable bonds is 0. The summed E-state index contributed by atoms with van der Waals surface area (Å²) >= 11 is 9.54. The lowest BCUT2D eigenvalue weighted by molar-refractivity contribution is -0.143. The minimum atomic E-state index is -4.43. The molecule has 2 nitrogen and oxygen atoms in total. The molecule has 0 fully saturated rings. The second kappa shape index (κ2) is 3.47. The molecule has 0 spiro atoms. The molecule has 0 aromatic carbocycles. The molecule has 1 heterocycles. The highest BCUT2D eigenvalue weighted by atomic mass is 32.1. The van der Waals surface area contributed by atoms with Crippen molar-refractivity contribution in [1.82, 2.24) is 9.13 Å². The first-order valence-electron chi connectivity index (χ1n) is 3.59. The van der Waals surface area contributed by atoms with Crippen LogP contribution < -0.4 is 0 Å². The highest BCUT2D eigenvalue weighted by Crippen LogP contribution is 2.28. The Morgan fingerprint density at radius 1 is 1.14 bits per heavy atom. The maximum atomic E-state index is 12.4. The van der Waals surface area contributed by atoms with Crippen LogP contribution in [0.1, 0.15) is 5.69 Å². The molecular weight excluding hydrogens is 233 g/mol. The number of hydrogen-bond donors (Lipinski definition) is 0. The second-order valence-electron chi connectivity index (χ2n) is 2.77. The number of hydrogen-bond acceptors (Lipinski definition) is 2. The van der Waals surface area contributed by atoms with Gasteiger partial charge in [-0.3, -0.25) is 0 Å². The molecule has 0 N–H and O–H groups in total. The van der Waals surface area contributed by atoms with Crippen LogP contribution in [-0.2, 0) is 20.3 Å². The molecule has 78 valence electrons. The van der Waals surface area contributed by atoms with Crippen molar-refractivity contribution in [3.63, 3.8) is 0 Å². The lowest BCUT2D eigenvalue weighted by Gasteiger charge is -2.14. The normalized spacial score (nSPS) is 11.8. The van der Waals surface area contributed by atoms with Crippen molar-refractivity contribution in [2.75, 3.05) is 0 Å². The number of nitrogens with zero attached hydrogens (tertiary/aromatic N) is 2. The summed E-state index contributed by atoms with van der Waals surface area (Å²) in [4.78, 5) is 0. The van der Waals surface area contributed by atoms with Gasteiger partial charge >= 0.3 is 6.18 Å². The predicted octanol–water partition coefficient (Wildman–Crippen LogP) is 2.84. The molecule has 0 aliphatic rings. The van der Waals surface area contributed by atoms with Crippen molar-refractivity contribution in [3.05, 3.63) is 21.2 Å². The Morgan fingerprint density at radius 3 is 2.07 bits per heavy atom. The van der Waals surface area contributed by atoms with Gasteiger partial charge in [0.2, 0.25) is 0 Å². The molecule has 1 aromatic heterocycles. The first-order valence-corrected chi connectivity index (χ1v) is 4.41. The Balaban J connectivity index is 3.67. The van der Waals surface area contributed by atoms with Crippen LogP contribution in [0.5, 0.6) is 0 Å². The Hall–Kier alpha value is -0.690. The van der Waals surface area contributed by atoms with E-state index >= 15 is 0 Å². The minimum Gasteiger partial charge on any atom is -0.317 e. The van der Waals surface area contributed by atoms with E-state index in [2.05, 4.69) is 0 Å². The molecule has 0 aliphatic carbocycles. The van der Waals surface area contributed by atoms with E-state index in [0.29, 0.717) is 0 Å². The molecule has 0 amide bonds. The van der Waals surface area contributed by atoms with E-state index in [1.807, 2.05) is 0 Å². The third kappa shape index (κ3) is 1.88. The average Bonchev–Trinajstić information content (AvgIpc) is 2.06. The molecule has 0 atom stereocenters. The lowest BCUT2D eigenvalue weighted by atomic mass is 10.4. The Morgan fingerprint density at radius 2 is 1.64 bits per heavy atom. The van der Waals surface area contributed by atoms with Crippen molar-refractivity contribution in [1.29, 1.82) is 0 Å². The molecule has 0 saturated carbocycles. The van der Waals surface area contributed by atoms with Gasteiger partial charge in [-0.25, -0.2) is 0 Å². The van der Waals surface area contributed by atoms with E-state index in [-0.39, 0.29) is 9.41 Å². The smallest absolute Gasteiger partial charge is 0.317 e. The fraction of sp³-hybridized carbons (Fsp3) is 0.429. The van der Waals surface area contributed by atoms with E-state index in [0.717, 1.165) is 10.6 Å². The molecule has 1 aromatic rings. The topological polar surface area (TPSA) is 9.86 Å². The van der Waals surface area contributed by atoms with Crippen LogP contribution in [0.4, 0.5) is 13.2 Å². The fourth-order valence-electron chi connectivity index (χ4n) is 1.00. The first-order chi connectivity index (χ1) is 6.25. The van der Waals surface area contributed by atoms with Crippen molar-refractivity contribution < 1.29 is 13.2 Å². The van der Waals surface area contributed by atoms with Gasteiger partial charge in [0.15, 0.2) is 4.77 Å². The van der Waals surface area contributed by atoms with Gasteiger partial charge in [-0.1, -0.05) is 12.2 Å². The Kier molecular flexibility index (Phi) is 2.82. The van der Waals surface area contributed by atoms with Gasteiger partial charge in [-0.05, 0) is 12.2 Å². The van der Waals surface area contributed by atoms with Crippen LogP contribution >= 0.6 is 24.4 Å². The lowest BCUT2D eigenvalue weighted by Crippen LogP contribution is -2.17.